The number of hydrogen-bond donors (Lipinski definition) is 2. The zero-order chi connectivity index (χ0) is 20.5. The molecule has 0 aliphatic rings. The van der Waals surface area contributed by atoms with E-state index in [2.05, 4.69) is 10.6 Å². The Balaban J connectivity index is 1.85. The highest BCUT2D eigenvalue weighted by atomic mass is 32.2. The van der Waals surface area contributed by atoms with Gasteiger partial charge in [0.25, 0.3) is 16.8 Å². The number of aromatic nitrogens is 1. The molecule has 0 atom stereocenters. The molecular weight excluding hydrogens is 382 g/mol. The summed E-state index contributed by atoms with van der Waals surface area (Å²) in [4.78, 5) is 36.0. The molecule has 0 fully saturated rings. The van der Waals surface area contributed by atoms with Gasteiger partial charge < -0.3 is 20.6 Å². The van der Waals surface area contributed by atoms with Crippen LogP contribution in [0, 0.1) is 5.21 Å². The molecule has 9 heteroatoms. The summed E-state index contributed by atoms with van der Waals surface area (Å²) in [5, 5.41) is 17.2. The number of ether oxygens (including phenoxy) is 1. The fourth-order valence-electron chi connectivity index (χ4n) is 2.16. The molecule has 2 rings (SSSR count). The van der Waals surface area contributed by atoms with E-state index in [0.717, 1.165) is 11.8 Å². The number of nitrogens with zero attached hydrogens (tertiary/aromatic N) is 1. The molecule has 1 aromatic heterocycles. The summed E-state index contributed by atoms with van der Waals surface area (Å²) >= 11 is 1.01. The average Bonchev–Trinajstić information content (AvgIpc) is 2.65. The van der Waals surface area contributed by atoms with Gasteiger partial charge in [0.2, 0.25) is 0 Å². The van der Waals surface area contributed by atoms with Crippen molar-refractivity contribution < 1.29 is 23.9 Å². The minimum atomic E-state index is -0.630. The lowest BCUT2D eigenvalue weighted by Crippen LogP contribution is -2.31. The highest BCUT2D eigenvalue weighted by molar-refractivity contribution is 7.99. The number of amides is 2. The van der Waals surface area contributed by atoms with Crippen LogP contribution in [0.3, 0.4) is 0 Å². The number of benzene rings is 1. The molecule has 0 bridgehead atoms. The van der Waals surface area contributed by atoms with Gasteiger partial charge in [0.15, 0.2) is 12.8 Å². The monoisotopic (exact) mass is 403 g/mol. The molecule has 0 saturated heterocycles. The summed E-state index contributed by atoms with van der Waals surface area (Å²) < 4.78 is 5.56. The maximum atomic E-state index is 12.2. The predicted molar refractivity (Wildman–Crippen MR) is 105 cm³/mol. The molecule has 1 aromatic carbocycles. The van der Waals surface area contributed by atoms with Crippen LogP contribution in [0.4, 0.5) is 5.69 Å². The van der Waals surface area contributed by atoms with Gasteiger partial charge in [-0.15, -0.1) is 0 Å². The number of anilines is 1. The van der Waals surface area contributed by atoms with Crippen LogP contribution in [0.2, 0.25) is 0 Å². The van der Waals surface area contributed by atoms with E-state index in [0.29, 0.717) is 21.0 Å². The smallest absolute Gasteiger partial charge is 0.317 e. The third-order valence-electron chi connectivity index (χ3n) is 3.36. The summed E-state index contributed by atoms with van der Waals surface area (Å²) in [5.74, 6) is -1.61. The summed E-state index contributed by atoms with van der Waals surface area (Å²) in [5.41, 5.74) is 0.642. The van der Waals surface area contributed by atoms with Crippen LogP contribution in [0.5, 0.6) is 0 Å². The van der Waals surface area contributed by atoms with Gasteiger partial charge in [0, 0.05) is 18.2 Å². The van der Waals surface area contributed by atoms with Crippen molar-refractivity contribution in [2.75, 3.05) is 17.7 Å². The van der Waals surface area contributed by atoms with Gasteiger partial charge in [-0.3, -0.25) is 14.4 Å². The molecule has 148 valence electrons. The van der Waals surface area contributed by atoms with Gasteiger partial charge in [-0.25, -0.2) is 0 Å². The van der Waals surface area contributed by atoms with E-state index >= 15 is 0 Å². The molecule has 0 aliphatic heterocycles. The number of hydrogen-bond acceptors (Lipinski definition) is 6. The van der Waals surface area contributed by atoms with Gasteiger partial charge in [-0.05, 0) is 43.8 Å². The van der Waals surface area contributed by atoms with Crippen LogP contribution in [0.15, 0.2) is 53.7 Å². The summed E-state index contributed by atoms with van der Waals surface area (Å²) in [6, 6.07) is 11.3. The van der Waals surface area contributed by atoms with Crippen molar-refractivity contribution in [1.29, 1.82) is 0 Å². The molecule has 1 heterocycles. The van der Waals surface area contributed by atoms with Crippen LogP contribution in [0.1, 0.15) is 24.2 Å². The minimum absolute atomic E-state index is 0.0490. The number of esters is 1. The van der Waals surface area contributed by atoms with E-state index in [-0.39, 0.29) is 17.7 Å². The van der Waals surface area contributed by atoms with Gasteiger partial charge in [-0.2, -0.15) is 4.73 Å². The number of rotatable bonds is 8. The lowest BCUT2D eigenvalue weighted by molar-refractivity contribution is -0.645. The molecule has 0 unspecified atom stereocenters. The van der Waals surface area contributed by atoms with Crippen LogP contribution in [-0.2, 0) is 14.3 Å². The van der Waals surface area contributed by atoms with Gasteiger partial charge in [0.05, 0.1) is 11.3 Å². The first-order valence-corrected chi connectivity index (χ1v) is 9.51. The van der Waals surface area contributed by atoms with Gasteiger partial charge >= 0.3 is 5.97 Å². The van der Waals surface area contributed by atoms with E-state index in [4.69, 9.17) is 4.74 Å². The predicted octanol–water partition coefficient (Wildman–Crippen LogP) is 1.73. The lowest BCUT2D eigenvalue weighted by Gasteiger charge is -2.13. The van der Waals surface area contributed by atoms with E-state index in [1.54, 1.807) is 42.5 Å². The Morgan fingerprint density at radius 2 is 1.86 bits per heavy atom. The molecule has 0 aliphatic carbocycles. The van der Waals surface area contributed by atoms with Crippen molar-refractivity contribution in [1.82, 2.24) is 5.32 Å². The van der Waals surface area contributed by atoms with E-state index < -0.39 is 18.5 Å². The largest absolute Gasteiger partial charge is 0.618 e. The van der Waals surface area contributed by atoms with Crippen LogP contribution in [-0.4, -0.2) is 36.2 Å². The highest BCUT2D eigenvalue weighted by Gasteiger charge is 2.15. The van der Waals surface area contributed by atoms with Crippen molar-refractivity contribution in [3.63, 3.8) is 0 Å². The molecule has 2 aromatic rings. The Hall–Kier alpha value is -3.07. The first-order chi connectivity index (χ1) is 13.4. The molecular formula is C19H21N3O5S. The van der Waals surface area contributed by atoms with Gasteiger partial charge in [-0.1, -0.05) is 12.1 Å². The zero-order valence-corrected chi connectivity index (χ0v) is 16.3. The van der Waals surface area contributed by atoms with E-state index in [1.807, 2.05) is 13.8 Å². The van der Waals surface area contributed by atoms with E-state index in [9.17, 15) is 19.6 Å². The summed E-state index contributed by atoms with van der Waals surface area (Å²) in [6.45, 7) is 3.17. The normalized spacial score (nSPS) is 10.4. The molecule has 28 heavy (non-hydrogen) atoms. The number of carbonyl (C=O) groups is 3. The molecule has 0 radical (unpaired) electrons. The second-order valence-corrected chi connectivity index (χ2v) is 7.03. The Morgan fingerprint density at radius 3 is 2.57 bits per heavy atom. The van der Waals surface area contributed by atoms with Crippen molar-refractivity contribution in [2.45, 2.75) is 24.9 Å². The molecule has 0 saturated carbocycles. The fraction of sp³-hybridized carbons (Fsp3) is 0.263. The molecule has 0 spiro atoms. The third-order valence-corrected chi connectivity index (χ3v) is 4.35. The number of nitrogens with one attached hydrogen (secondary N) is 2. The summed E-state index contributed by atoms with van der Waals surface area (Å²) in [7, 11) is 0. The fourth-order valence-corrected chi connectivity index (χ4v) is 2.87. The lowest BCUT2D eigenvalue weighted by atomic mass is 10.1. The number of carbonyl (C=O) groups excluding carboxylic acids is 3. The second kappa shape index (κ2) is 10.3. The quantitative estimate of drug-likeness (QED) is 0.301. The van der Waals surface area contributed by atoms with Crippen LogP contribution in [0.25, 0.3) is 0 Å². The number of pyridine rings is 1. The van der Waals surface area contributed by atoms with Crippen molar-refractivity contribution >= 4 is 35.2 Å². The minimum Gasteiger partial charge on any atom is -0.618 e. The van der Waals surface area contributed by atoms with E-state index in [1.165, 1.54) is 6.20 Å². The molecule has 8 nitrogen and oxygen atoms in total. The Morgan fingerprint density at radius 1 is 1.14 bits per heavy atom. The highest BCUT2D eigenvalue weighted by Crippen LogP contribution is 2.15. The zero-order valence-electron chi connectivity index (χ0n) is 15.5. The first-order valence-electron chi connectivity index (χ1n) is 8.53. The maximum absolute atomic E-state index is 12.2. The SMILES string of the molecule is CC(C)NC(=O)c1ccccc1NC(=O)COC(=O)CSc1cccc[n+]1[O-]. The average molecular weight is 403 g/mol. The van der Waals surface area contributed by atoms with Crippen molar-refractivity contribution in [3.05, 3.63) is 59.4 Å². The Labute approximate surface area is 166 Å². The van der Waals surface area contributed by atoms with Crippen molar-refractivity contribution in [2.24, 2.45) is 0 Å². The summed E-state index contributed by atoms with van der Waals surface area (Å²) in [6.07, 6.45) is 1.33. The maximum Gasteiger partial charge on any atom is 0.317 e. The molecule has 2 amide bonds. The van der Waals surface area contributed by atoms with Crippen LogP contribution < -0.4 is 15.4 Å². The van der Waals surface area contributed by atoms with Gasteiger partial charge in [0.1, 0.15) is 5.75 Å². The topological polar surface area (TPSA) is 111 Å². The Kier molecular flexibility index (Phi) is 7.82. The second-order valence-electron chi connectivity index (χ2n) is 6.04. The standard InChI is InChI=1S/C19H21N3O5S/c1-13(2)20-19(25)14-7-3-4-8-15(14)21-16(23)11-27-18(24)12-28-17-9-5-6-10-22(17)26/h3-10,13H,11-12H2,1-2H3,(H,20,25)(H,21,23). The first kappa shape index (κ1) is 21.2. The molecule has 2 N–H and O–H groups in total. The number of thioether (sulfide) groups is 1. The third kappa shape index (κ3) is 6.58. The van der Waals surface area contributed by atoms with Crippen LogP contribution >= 0.6 is 11.8 Å². The Bertz CT molecular complexity index is 857. The van der Waals surface area contributed by atoms with Crippen molar-refractivity contribution in [3.8, 4) is 0 Å². The number of para-hydroxylation sites is 1.